The number of amides is 1. The summed E-state index contributed by atoms with van der Waals surface area (Å²) in [6.45, 7) is 1.74. The summed E-state index contributed by atoms with van der Waals surface area (Å²) in [7, 11) is 0. The third-order valence-electron chi connectivity index (χ3n) is 3.98. The van der Waals surface area contributed by atoms with E-state index in [2.05, 4.69) is 15.3 Å². The fourth-order valence-electron chi connectivity index (χ4n) is 2.85. The second-order valence-corrected chi connectivity index (χ2v) is 6.30. The molecule has 1 saturated heterocycles. The first-order valence-electron chi connectivity index (χ1n) is 7.39. The first-order chi connectivity index (χ1) is 10.8. The minimum absolute atomic E-state index is 0.134. The topological polar surface area (TPSA) is 61.0 Å². The highest BCUT2D eigenvalue weighted by atomic mass is 32.1. The van der Waals surface area contributed by atoms with Crippen molar-refractivity contribution in [2.75, 3.05) is 18.4 Å². The number of hydrogen-bond donors (Lipinski definition) is 2. The third kappa shape index (κ3) is 2.25. The van der Waals surface area contributed by atoms with E-state index in [0.29, 0.717) is 0 Å². The molecule has 1 fully saturated rings. The molecule has 0 atom stereocenters. The van der Waals surface area contributed by atoms with Crippen LogP contribution in [0.15, 0.2) is 36.0 Å². The molecule has 0 saturated carbocycles. The summed E-state index contributed by atoms with van der Waals surface area (Å²) < 4.78 is 0. The van der Waals surface area contributed by atoms with Gasteiger partial charge in [0.25, 0.3) is 5.91 Å². The number of aromatic amines is 1. The summed E-state index contributed by atoms with van der Waals surface area (Å²) >= 11 is 1.49. The van der Waals surface area contributed by atoms with E-state index in [4.69, 9.17) is 0 Å². The molecule has 0 bridgehead atoms. The Morgan fingerprint density at radius 1 is 1.23 bits per heavy atom. The molecule has 3 aromatic rings. The quantitative estimate of drug-likeness (QED) is 0.777. The Balaban J connectivity index is 1.65. The lowest BCUT2D eigenvalue weighted by Gasteiger charge is -2.16. The van der Waals surface area contributed by atoms with Gasteiger partial charge in [0.1, 0.15) is 10.5 Å². The molecule has 0 aliphatic carbocycles. The monoisotopic (exact) mass is 312 g/mol. The van der Waals surface area contributed by atoms with Crippen LogP contribution in [0.4, 0.5) is 11.4 Å². The van der Waals surface area contributed by atoms with E-state index in [9.17, 15) is 4.79 Å². The van der Waals surface area contributed by atoms with Gasteiger partial charge in [-0.05, 0) is 36.4 Å². The molecule has 6 heteroatoms. The highest BCUT2D eigenvalue weighted by Crippen LogP contribution is 2.30. The van der Waals surface area contributed by atoms with Gasteiger partial charge < -0.3 is 15.2 Å². The number of fused-ring (bicyclic) bond motifs is 1. The van der Waals surface area contributed by atoms with Crippen molar-refractivity contribution in [3.63, 3.8) is 0 Å². The largest absolute Gasteiger partial charge is 0.354 e. The predicted molar refractivity (Wildman–Crippen MR) is 88.8 cm³/mol. The van der Waals surface area contributed by atoms with Crippen LogP contribution in [-0.2, 0) is 0 Å². The Labute approximate surface area is 132 Å². The molecule has 0 radical (unpaired) electrons. The Hall–Kier alpha value is -2.34. The molecule has 5 nitrogen and oxygen atoms in total. The molecule has 1 aliphatic rings. The zero-order valence-corrected chi connectivity index (χ0v) is 12.8. The van der Waals surface area contributed by atoms with Gasteiger partial charge in [-0.15, -0.1) is 11.3 Å². The van der Waals surface area contributed by atoms with Crippen molar-refractivity contribution < 1.29 is 4.79 Å². The highest BCUT2D eigenvalue weighted by Gasteiger charge is 2.23. The van der Waals surface area contributed by atoms with Crippen LogP contribution in [0.25, 0.3) is 11.0 Å². The van der Waals surface area contributed by atoms with E-state index in [1.165, 1.54) is 11.3 Å². The fourth-order valence-corrected chi connectivity index (χ4v) is 3.67. The molecule has 22 heavy (non-hydrogen) atoms. The smallest absolute Gasteiger partial charge is 0.266 e. The second-order valence-electron chi connectivity index (χ2n) is 5.39. The lowest BCUT2D eigenvalue weighted by molar-refractivity contribution is 0.0798. The molecule has 0 spiro atoms. The molecule has 3 aromatic heterocycles. The number of hydrogen-bond acceptors (Lipinski definition) is 4. The van der Waals surface area contributed by atoms with Crippen molar-refractivity contribution in [3.05, 3.63) is 40.8 Å². The summed E-state index contributed by atoms with van der Waals surface area (Å²) in [5.74, 6) is 0.134. The number of aromatic nitrogens is 2. The maximum atomic E-state index is 12.6. The first kappa shape index (κ1) is 13.3. The summed E-state index contributed by atoms with van der Waals surface area (Å²) in [6, 6.07) is 5.88. The van der Waals surface area contributed by atoms with Gasteiger partial charge in [0.15, 0.2) is 0 Å². The van der Waals surface area contributed by atoms with Gasteiger partial charge in [0.05, 0.1) is 11.4 Å². The molecule has 1 aliphatic heterocycles. The van der Waals surface area contributed by atoms with Gasteiger partial charge in [-0.1, -0.05) is 0 Å². The Morgan fingerprint density at radius 3 is 2.95 bits per heavy atom. The summed E-state index contributed by atoms with van der Waals surface area (Å²) in [5.41, 5.74) is 2.67. The standard InChI is InChI=1S/C16H16N4OS/c21-16(20-8-1-2-9-20)14-13(5-10-22-14)19-12-4-7-18-15-11(12)3-6-17-15/h3-7,10H,1-2,8-9H2,(H2,17,18,19). The number of pyridine rings is 1. The van der Waals surface area contributed by atoms with E-state index >= 15 is 0 Å². The van der Waals surface area contributed by atoms with Crippen LogP contribution in [0.1, 0.15) is 22.5 Å². The minimum atomic E-state index is 0.134. The lowest BCUT2D eigenvalue weighted by atomic mass is 10.2. The average molecular weight is 312 g/mol. The van der Waals surface area contributed by atoms with Crippen LogP contribution < -0.4 is 5.32 Å². The van der Waals surface area contributed by atoms with Gasteiger partial charge in [-0.25, -0.2) is 4.98 Å². The van der Waals surface area contributed by atoms with Crippen molar-refractivity contribution in [2.45, 2.75) is 12.8 Å². The lowest BCUT2D eigenvalue weighted by Crippen LogP contribution is -2.27. The summed E-state index contributed by atoms with van der Waals surface area (Å²) in [6.07, 6.45) is 5.84. The van der Waals surface area contributed by atoms with Crippen LogP contribution in [0, 0.1) is 0 Å². The molecule has 112 valence electrons. The Bertz CT molecular complexity index is 816. The number of anilines is 2. The van der Waals surface area contributed by atoms with Gasteiger partial charge >= 0.3 is 0 Å². The van der Waals surface area contributed by atoms with Crippen molar-refractivity contribution >= 4 is 39.7 Å². The van der Waals surface area contributed by atoms with Crippen LogP contribution in [0.5, 0.6) is 0 Å². The number of nitrogens with zero attached hydrogens (tertiary/aromatic N) is 2. The number of carbonyl (C=O) groups excluding carboxylic acids is 1. The Kier molecular flexibility index (Phi) is 3.31. The molecule has 4 heterocycles. The molecule has 1 amide bonds. The number of nitrogens with one attached hydrogen (secondary N) is 2. The molecular weight excluding hydrogens is 296 g/mol. The maximum Gasteiger partial charge on any atom is 0.266 e. The maximum absolute atomic E-state index is 12.6. The van der Waals surface area contributed by atoms with Crippen molar-refractivity contribution in [2.24, 2.45) is 0 Å². The molecule has 2 N–H and O–H groups in total. The minimum Gasteiger partial charge on any atom is -0.354 e. The number of rotatable bonds is 3. The Morgan fingerprint density at radius 2 is 2.09 bits per heavy atom. The average Bonchev–Trinajstić information content (AvgIpc) is 3.28. The van der Waals surface area contributed by atoms with Crippen LogP contribution in [0.3, 0.4) is 0 Å². The van der Waals surface area contributed by atoms with Gasteiger partial charge in [0, 0.05) is 30.9 Å². The summed E-state index contributed by atoms with van der Waals surface area (Å²) in [4.78, 5) is 22.7. The van der Waals surface area contributed by atoms with E-state index < -0.39 is 0 Å². The van der Waals surface area contributed by atoms with Gasteiger partial charge in [0.2, 0.25) is 0 Å². The van der Waals surface area contributed by atoms with Gasteiger partial charge in [-0.3, -0.25) is 4.79 Å². The zero-order valence-electron chi connectivity index (χ0n) is 12.0. The van der Waals surface area contributed by atoms with Crippen molar-refractivity contribution in [1.29, 1.82) is 0 Å². The van der Waals surface area contributed by atoms with Crippen LogP contribution in [0.2, 0.25) is 0 Å². The van der Waals surface area contributed by atoms with Crippen LogP contribution >= 0.6 is 11.3 Å². The van der Waals surface area contributed by atoms with Gasteiger partial charge in [-0.2, -0.15) is 0 Å². The number of thiophene rings is 1. The van der Waals surface area contributed by atoms with Crippen molar-refractivity contribution in [3.8, 4) is 0 Å². The second kappa shape index (κ2) is 5.46. The van der Waals surface area contributed by atoms with E-state index in [-0.39, 0.29) is 5.91 Å². The van der Waals surface area contributed by atoms with Crippen LogP contribution in [-0.4, -0.2) is 33.9 Å². The molecular formula is C16H16N4OS. The highest BCUT2D eigenvalue weighted by molar-refractivity contribution is 7.12. The third-order valence-corrected chi connectivity index (χ3v) is 4.88. The zero-order chi connectivity index (χ0) is 14.9. The SMILES string of the molecule is O=C(c1sccc1Nc1ccnc2[nH]ccc12)N1CCCC1. The fraction of sp³-hybridized carbons (Fsp3) is 0.250. The van der Waals surface area contributed by atoms with E-state index in [1.807, 2.05) is 34.7 Å². The first-order valence-corrected chi connectivity index (χ1v) is 8.27. The molecule has 4 rings (SSSR count). The summed E-state index contributed by atoms with van der Waals surface area (Å²) in [5, 5.41) is 6.37. The molecule has 0 unspecified atom stereocenters. The van der Waals surface area contributed by atoms with E-state index in [0.717, 1.165) is 53.2 Å². The predicted octanol–water partition coefficient (Wildman–Crippen LogP) is 3.60. The normalized spacial score (nSPS) is 14.6. The van der Waals surface area contributed by atoms with Crippen molar-refractivity contribution in [1.82, 2.24) is 14.9 Å². The van der Waals surface area contributed by atoms with E-state index in [1.54, 1.807) is 6.20 Å². The number of likely N-dealkylation sites (tertiary alicyclic amines) is 1. The number of H-pyrrole nitrogens is 1. The molecule has 0 aromatic carbocycles. The number of carbonyl (C=O) groups is 1.